The molecule has 18 heavy (non-hydrogen) atoms. The van der Waals surface area contributed by atoms with Gasteiger partial charge in [-0.15, -0.1) is 0 Å². The molecular formula is C13H21N3OS. The molecule has 0 aromatic rings. The van der Waals surface area contributed by atoms with E-state index in [0.29, 0.717) is 12.5 Å². The minimum atomic E-state index is -0.655. The van der Waals surface area contributed by atoms with E-state index >= 15 is 0 Å². The van der Waals surface area contributed by atoms with Crippen LogP contribution in [0.1, 0.15) is 26.2 Å². The quantitative estimate of drug-likeness (QED) is 0.832. The molecule has 100 valence electrons. The van der Waals surface area contributed by atoms with Crippen molar-refractivity contribution in [1.82, 2.24) is 10.2 Å². The molecule has 0 spiro atoms. The van der Waals surface area contributed by atoms with Crippen molar-refractivity contribution in [2.45, 2.75) is 31.7 Å². The van der Waals surface area contributed by atoms with Crippen LogP contribution in [0.3, 0.4) is 0 Å². The second-order valence-electron chi connectivity index (χ2n) is 5.38. The fourth-order valence-corrected chi connectivity index (χ4v) is 3.29. The zero-order chi connectivity index (χ0) is 13.0. The number of amides is 1. The Kier molecular flexibility index (Phi) is 4.52. The molecule has 0 aromatic carbocycles. The predicted octanol–water partition coefficient (Wildman–Crippen LogP) is 1.23. The van der Waals surface area contributed by atoms with Gasteiger partial charge in [0.25, 0.3) is 0 Å². The van der Waals surface area contributed by atoms with E-state index in [1.54, 1.807) is 0 Å². The van der Waals surface area contributed by atoms with Gasteiger partial charge in [0.2, 0.25) is 5.91 Å². The van der Waals surface area contributed by atoms with Gasteiger partial charge in [-0.2, -0.15) is 17.0 Å². The molecule has 0 radical (unpaired) electrons. The normalized spacial score (nSPS) is 24.7. The summed E-state index contributed by atoms with van der Waals surface area (Å²) in [7, 11) is 0. The molecule has 1 N–H and O–H groups in total. The summed E-state index contributed by atoms with van der Waals surface area (Å²) in [5, 5.41) is 12.1. The van der Waals surface area contributed by atoms with Crippen LogP contribution in [-0.4, -0.2) is 47.5 Å². The van der Waals surface area contributed by atoms with Gasteiger partial charge in [-0.05, 0) is 44.4 Å². The maximum atomic E-state index is 12.0. The van der Waals surface area contributed by atoms with Crippen molar-refractivity contribution in [3.05, 3.63) is 0 Å². The Balaban J connectivity index is 1.82. The van der Waals surface area contributed by atoms with Gasteiger partial charge in [-0.25, -0.2) is 0 Å². The first-order chi connectivity index (χ1) is 8.64. The van der Waals surface area contributed by atoms with Crippen molar-refractivity contribution in [2.75, 3.05) is 31.1 Å². The Morgan fingerprint density at radius 1 is 1.50 bits per heavy atom. The molecular weight excluding hydrogens is 246 g/mol. The molecule has 2 aliphatic rings. The average molecular weight is 267 g/mol. The average Bonchev–Trinajstić information content (AvgIpc) is 3.16. The van der Waals surface area contributed by atoms with Crippen molar-refractivity contribution in [3.63, 3.8) is 0 Å². The minimum absolute atomic E-state index is 0.00199. The van der Waals surface area contributed by atoms with E-state index < -0.39 is 5.54 Å². The Morgan fingerprint density at radius 3 is 2.94 bits per heavy atom. The number of hydrogen-bond donors (Lipinski definition) is 1. The summed E-state index contributed by atoms with van der Waals surface area (Å²) in [6.45, 7) is 4.25. The lowest BCUT2D eigenvalue weighted by Crippen LogP contribution is -2.50. The molecule has 0 bridgehead atoms. The van der Waals surface area contributed by atoms with Gasteiger partial charge in [-0.1, -0.05) is 0 Å². The standard InChI is InChI=1S/C13H21N3OS/c1-13(10-14,11-3-4-11)15-12(17)9-16-5-2-7-18-8-6-16/h11H,2-9H2,1H3,(H,15,17). The second kappa shape index (κ2) is 5.94. The molecule has 1 saturated heterocycles. The summed E-state index contributed by atoms with van der Waals surface area (Å²) in [4.78, 5) is 14.2. The number of nitrogens with zero attached hydrogens (tertiary/aromatic N) is 2. The molecule has 0 aromatic heterocycles. The van der Waals surface area contributed by atoms with Gasteiger partial charge >= 0.3 is 0 Å². The van der Waals surface area contributed by atoms with E-state index in [0.717, 1.165) is 38.1 Å². The summed E-state index contributed by atoms with van der Waals surface area (Å²) in [6, 6.07) is 2.27. The summed E-state index contributed by atoms with van der Waals surface area (Å²) < 4.78 is 0. The number of carbonyl (C=O) groups excluding carboxylic acids is 1. The van der Waals surface area contributed by atoms with Crippen LogP contribution < -0.4 is 5.32 Å². The third kappa shape index (κ3) is 3.63. The number of thioether (sulfide) groups is 1. The largest absolute Gasteiger partial charge is 0.337 e. The lowest BCUT2D eigenvalue weighted by Gasteiger charge is -2.25. The number of rotatable bonds is 4. The third-order valence-electron chi connectivity index (χ3n) is 3.71. The first-order valence-corrected chi connectivity index (χ1v) is 7.82. The minimum Gasteiger partial charge on any atom is -0.337 e. The molecule has 1 heterocycles. The maximum absolute atomic E-state index is 12.0. The summed E-state index contributed by atoms with van der Waals surface area (Å²) in [5.74, 6) is 2.64. The first-order valence-electron chi connectivity index (χ1n) is 6.66. The van der Waals surface area contributed by atoms with Crippen LogP contribution in [0, 0.1) is 17.2 Å². The number of hydrogen-bond acceptors (Lipinski definition) is 4. The molecule has 5 heteroatoms. The summed E-state index contributed by atoms with van der Waals surface area (Å²) in [6.07, 6.45) is 3.27. The summed E-state index contributed by atoms with van der Waals surface area (Å²) >= 11 is 1.95. The van der Waals surface area contributed by atoms with Crippen LogP contribution in [0.25, 0.3) is 0 Å². The van der Waals surface area contributed by atoms with Crippen LogP contribution in [0.4, 0.5) is 0 Å². The third-order valence-corrected chi connectivity index (χ3v) is 4.76. The molecule has 1 aliphatic carbocycles. The second-order valence-corrected chi connectivity index (χ2v) is 6.60. The van der Waals surface area contributed by atoms with Gasteiger partial charge in [0, 0.05) is 12.3 Å². The van der Waals surface area contributed by atoms with Gasteiger partial charge < -0.3 is 5.32 Å². The monoisotopic (exact) mass is 267 g/mol. The lowest BCUT2D eigenvalue weighted by molar-refractivity contribution is -0.123. The molecule has 1 saturated carbocycles. The van der Waals surface area contributed by atoms with Gasteiger partial charge in [0.1, 0.15) is 5.54 Å². The van der Waals surface area contributed by atoms with E-state index in [1.807, 2.05) is 18.7 Å². The molecule has 2 fully saturated rings. The topological polar surface area (TPSA) is 56.1 Å². The Labute approximate surface area is 113 Å². The highest BCUT2D eigenvalue weighted by atomic mass is 32.2. The zero-order valence-corrected chi connectivity index (χ0v) is 11.8. The molecule has 1 amide bonds. The highest BCUT2D eigenvalue weighted by Crippen LogP contribution is 2.39. The van der Waals surface area contributed by atoms with Gasteiger partial charge in [0.05, 0.1) is 12.6 Å². The molecule has 1 aliphatic heterocycles. The SMILES string of the molecule is CC(C#N)(NC(=O)CN1CCCSCC1)C1CC1. The van der Waals surface area contributed by atoms with Crippen molar-refractivity contribution in [2.24, 2.45) is 5.92 Å². The van der Waals surface area contributed by atoms with Crippen LogP contribution >= 0.6 is 11.8 Å². The Bertz CT molecular complexity index is 343. The van der Waals surface area contributed by atoms with Crippen molar-refractivity contribution in [3.8, 4) is 6.07 Å². The van der Waals surface area contributed by atoms with E-state index in [9.17, 15) is 10.1 Å². The van der Waals surface area contributed by atoms with E-state index in [2.05, 4.69) is 16.3 Å². The molecule has 1 unspecified atom stereocenters. The van der Waals surface area contributed by atoms with E-state index in [1.165, 1.54) is 5.75 Å². The lowest BCUT2D eigenvalue weighted by atomic mass is 9.98. The van der Waals surface area contributed by atoms with E-state index in [-0.39, 0.29) is 5.91 Å². The van der Waals surface area contributed by atoms with Crippen molar-refractivity contribution >= 4 is 17.7 Å². The highest BCUT2D eigenvalue weighted by Gasteiger charge is 2.43. The van der Waals surface area contributed by atoms with Gasteiger partial charge in [0.15, 0.2) is 0 Å². The predicted molar refractivity (Wildman–Crippen MR) is 73.3 cm³/mol. The highest BCUT2D eigenvalue weighted by molar-refractivity contribution is 7.99. The van der Waals surface area contributed by atoms with Crippen LogP contribution in [0.5, 0.6) is 0 Å². The number of nitrogens with one attached hydrogen (secondary N) is 1. The van der Waals surface area contributed by atoms with Crippen molar-refractivity contribution in [1.29, 1.82) is 5.26 Å². The van der Waals surface area contributed by atoms with E-state index in [4.69, 9.17) is 0 Å². The maximum Gasteiger partial charge on any atom is 0.235 e. The number of carbonyl (C=O) groups is 1. The smallest absolute Gasteiger partial charge is 0.235 e. The molecule has 4 nitrogen and oxygen atoms in total. The fourth-order valence-electron chi connectivity index (χ4n) is 2.37. The number of nitriles is 1. The summed E-state index contributed by atoms with van der Waals surface area (Å²) in [5.41, 5.74) is -0.655. The van der Waals surface area contributed by atoms with Gasteiger partial charge in [-0.3, -0.25) is 9.69 Å². The first kappa shape index (κ1) is 13.7. The van der Waals surface area contributed by atoms with Crippen LogP contribution in [0.15, 0.2) is 0 Å². The van der Waals surface area contributed by atoms with Crippen LogP contribution in [-0.2, 0) is 4.79 Å². The zero-order valence-electron chi connectivity index (χ0n) is 10.9. The fraction of sp³-hybridized carbons (Fsp3) is 0.846. The molecule has 1 atom stereocenters. The Hall–Kier alpha value is -0.730. The Morgan fingerprint density at radius 2 is 2.28 bits per heavy atom. The molecule has 2 rings (SSSR count). The van der Waals surface area contributed by atoms with Crippen molar-refractivity contribution < 1.29 is 4.79 Å². The van der Waals surface area contributed by atoms with Crippen LogP contribution in [0.2, 0.25) is 0 Å².